The van der Waals surface area contributed by atoms with Crippen molar-refractivity contribution in [3.63, 3.8) is 0 Å². The Labute approximate surface area is 172 Å². The Morgan fingerprint density at radius 2 is 2.00 bits per heavy atom. The molecule has 1 amide bonds. The first-order valence-electron chi connectivity index (χ1n) is 9.33. The molecule has 0 aliphatic carbocycles. The van der Waals surface area contributed by atoms with Crippen LogP contribution < -0.4 is 0 Å². The number of oxime groups is 1. The average molecular weight is 421 g/mol. The second kappa shape index (κ2) is 8.43. The zero-order valence-electron chi connectivity index (χ0n) is 16.8. The largest absolute Gasteiger partial charge is 0.433 e. The number of aromatic nitrogens is 1. The van der Waals surface area contributed by atoms with Crippen molar-refractivity contribution in [3.05, 3.63) is 52.8 Å². The molecule has 1 fully saturated rings. The number of pyridine rings is 1. The summed E-state index contributed by atoms with van der Waals surface area (Å²) in [6.45, 7) is 3.27. The van der Waals surface area contributed by atoms with Gasteiger partial charge in [-0.2, -0.15) is 13.2 Å². The van der Waals surface area contributed by atoms with Crippen molar-refractivity contribution >= 4 is 11.6 Å². The van der Waals surface area contributed by atoms with Crippen LogP contribution in [0, 0.1) is 13.8 Å². The molecule has 0 bridgehead atoms. The highest BCUT2D eigenvalue weighted by atomic mass is 19.4. The fourth-order valence-electron chi connectivity index (χ4n) is 3.57. The van der Waals surface area contributed by atoms with Crippen LogP contribution in [-0.4, -0.2) is 52.9 Å². The molecule has 0 radical (unpaired) electrons. The SMILES string of the molecule is CO/N=C1\C[C@@H](CO)N(C(=O)c2ccc(-c3cccc(C)c3C)c(C(F)(F)F)n2)C1. The van der Waals surface area contributed by atoms with Crippen molar-refractivity contribution < 1.29 is 27.9 Å². The fourth-order valence-corrected chi connectivity index (χ4v) is 3.57. The van der Waals surface area contributed by atoms with Gasteiger partial charge >= 0.3 is 6.18 Å². The van der Waals surface area contributed by atoms with E-state index >= 15 is 0 Å². The van der Waals surface area contributed by atoms with Crippen LogP contribution in [0.5, 0.6) is 0 Å². The van der Waals surface area contributed by atoms with E-state index in [0.29, 0.717) is 16.8 Å². The van der Waals surface area contributed by atoms with Gasteiger partial charge in [0.15, 0.2) is 5.69 Å². The van der Waals surface area contributed by atoms with Crippen molar-refractivity contribution in [2.45, 2.75) is 32.5 Å². The number of aryl methyl sites for hydroxylation is 1. The van der Waals surface area contributed by atoms with Crippen molar-refractivity contribution in [1.29, 1.82) is 0 Å². The lowest BCUT2D eigenvalue weighted by Crippen LogP contribution is -2.38. The zero-order chi connectivity index (χ0) is 22.1. The number of halogens is 3. The summed E-state index contributed by atoms with van der Waals surface area (Å²) < 4.78 is 41.5. The van der Waals surface area contributed by atoms with Crippen LogP contribution in [0.1, 0.15) is 33.7 Å². The lowest BCUT2D eigenvalue weighted by molar-refractivity contribution is -0.140. The number of benzene rings is 1. The van der Waals surface area contributed by atoms with E-state index in [2.05, 4.69) is 10.1 Å². The van der Waals surface area contributed by atoms with E-state index in [-0.39, 0.29) is 30.8 Å². The van der Waals surface area contributed by atoms with Gasteiger partial charge in [0.1, 0.15) is 12.8 Å². The van der Waals surface area contributed by atoms with Crippen molar-refractivity contribution in [3.8, 4) is 11.1 Å². The Bertz CT molecular complexity index is 989. The van der Waals surface area contributed by atoms with Crippen LogP contribution in [0.2, 0.25) is 0 Å². The Kier molecular flexibility index (Phi) is 6.12. The first kappa shape index (κ1) is 21.8. The van der Waals surface area contributed by atoms with Gasteiger partial charge in [-0.05, 0) is 42.7 Å². The minimum Gasteiger partial charge on any atom is -0.399 e. The molecular weight excluding hydrogens is 399 g/mol. The highest BCUT2D eigenvalue weighted by molar-refractivity contribution is 5.99. The molecule has 9 heteroatoms. The minimum absolute atomic E-state index is 0.0552. The summed E-state index contributed by atoms with van der Waals surface area (Å²) in [5.41, 5.74) is 0.964. The number of hydrogen-bond acceptors (Lipinski definition) is 5. The van der Waals surface area contributed by atoms with Gasteiger partial charge in [-0.25, -0.2) is 4.98 Å². The number of aliphatic hydroxyl groups is 1. The summed E-state index contributed by atoms with van der Waals surface area (Å²) >= 11 is 0. The number of aliphatic hydroxyl groups excluding tert-OH is 1. The standard InChI is InChI=1S/C21H22F3N3O3/c1-12-5-4-6-16(13(12)2)17-7-8-18(25-19(17)21(22,23)24)20(29)27-10-14(26-30-3)9-15(27)11-28/h4-8,15,28H,9-11H2,1-3H3/b26-14+/t15-/m0/s1. The third-order valence-electron chi connectivity index (χ3n) is 5.23. The molecule has 0 unspecified atom stereocenters. The maximum absolute atomic E-state index is 13.8. The molecule has 2 heterocycles. The van der Waals surface area contributed by atoms with Crippen molar-refractivity contribution in [2.75, 3.05) is 20.3 Å². The summed E-state index contributed by atoms with van der Waals surface area (Å²) in [5, 5.41) is 13.3. The van der Waals surface area contributed by atoms with Crippen LogP contribution in [0.3, 0.4) is 0 Å². The predicted molar refractivity (Wildman–Crippen MR) is 105 cm³/mol. The average Bonchev–Trinajstić information content (AvgIpc) is 3.12. The molecule has 1 aliphatic rings. The van der Waals surface area contributed by atoms with E-state index in [4.69, 9.17) is 4.84 Å². The first-order valence-corrected chi connectivity index (χ1v) is 9.33. The second-order valence-electron chi connectivity index (χ2n) is 7.15. The molecule has 160 valence electrons. The molecule has 1 N–H and O–H groups in total. The summed E-state index contributed by atoms with van der Waals surface area (Å²) in [6, 6.07) is 7.07. The smallest absolute Gasteiger partial charge is 0.399 e. The van der Waals surface area contributed by atoms with Crippen LogP contribution in [-0.2, 0) is 11.0 Å². The quantitative estimate of drug-likeness (QED) is 0.766. The molecule has 2 aromatic rings. The number of carbonyl (C=O) groups excluding carboxylic acids is 1. The Balaban J connectivity index is 2.05. The van der Waals surface area contributed by atoms with Crippen molar-refractivity contribution in [2.24, 2.45) is 5.16 Å². The van der Waals surface area contributed by atoms with Gasteiger partial charge < -0.3 is 14.8 Å². The van der Waals surface area contributed by atoms with E-state index in [9.17, 15) is 23.1 Å². The number of likely N-dealkylation sites (tertiary alicyclic amines) is 1. The second-order valence-corrected chi connectivity index (χ2v) is 7.15. The van der Waals surface area contributed by atoms with Crippen LogP contribution in [0.4, 0.5) is 13.2 Å². The molecule has 1 aromatic carbocycles. The Morgan fingerprint density at radius 1 is 1.27 bits per heavy atom. The topological polar surface area (TPSA) is 75.0 Å². The number of nitrogens with zero attached hydrogens (tertiary/aromatic N) is 3. The minimum atomic E-state index is -4.74. The van der Waals surface area contributed by atoms with Gasteiger partial charge in [0, 0.05) is 12.0 Å². The molecular formula is C21H22F3N3O3. The molecule has 1 aliphatic heterocycles. The van der Waals surface area contributed by atoms with E-state index < -0.39 is 23.8 Å². The lowest BCUT2D eigenvalue weighted by Gasteiger charge is -2.23. The number of rotatable bonds is 4. The predicted octanol–water partition coefficient (Wildman–Crippen LogP) is 3.59. The van der Waals surface area contributed by atoms with E-state index in [1.165, 1.54) is 24.1 Å². The molecule has 6 nitrogen and oxygen atoms in total. The van der Waals surface area contributed by atoms with Crippen molar-refractivity contribution in [1.82, 2.24) is 9.88 Å². The molecule has 3 rings (SSSR count). The third kappa shape index (κ3) is 4.16. The van der Waals surface area contributed by atoms with Gasteiger partial charge in [0.05, 0.1) is 24.9 Å². The first-order chi connectivity index (χ1) is 14.2. The number of amides is 1. The summed E-state index contributed by atoms with van der Waals surface area (Å²) in [6.07, 6.45) is -4.46. The maximum Gasteiger partial charge on any atom is 0.433 e. The van der Waals surface area contributed by atoms with Gasteiger partial charge in [-0.15, -0.1) is 0 Å². The van der Waals surface area contributed by atoms with Crippen LogP contribution >= 0.6 is 0 Å². The lowest BCUT2D eigenvalue weighted by atomic mass is 9.95. The summed E-state index contributed by atoms with van der Waals surface area (Å²) in [4.78, 5) is 22.6. The van der Waals surface area contributed by atoms with E-state index in [0.717, 1.165) is 5.56 Å². The molecule has 0 saturated carbocycles. The number of hydrogen-bond donors (Lipinski definition) is 1. The molecule has 0 spiro atoms. The van der Waals surface area contributed by atoms with Gasteiger partial charge in [-0.3, -0.25) is 4.79 Å². The summed E-state index contributed by atoms with van der Waals surface area (Å²) in [5.74, 6) is -0.701. The molecule has 1 atom stereocenters. The maximum atomic E-state index is 13.8. The summed E-state index contributed by atoms with van der Waals surface area (Å²) in [7, 11) is 1.36. The van der Waals surface area contributed by atoms with Gasteiger partial charge in [0.25, 0.3) is 5.91 Å². The number of carbonyl (C=O) groups is 1. The van der Waals surface area contributed by atoms with E-state index in [1.807, 2.05) is 13.0 Å². The highest BCUT2D eigenvalue weighted by Crippen LogP contribution is 2.37. The Morgan fingerprint density at radius 3 is 2.63 bits per heavy atom. The van der Waals surface area contributed by atoms with Gasteiger partial charge in [-0.1, -0.05) is 23.4 Å². The zero-order valence-corrected chi connectivity index (χ0v) is 16.8. The monoisotopic (exact) mass is 421 g/mol. The van der Waals surface area contributed by atoms with Crippen LogP contribution in [0.25, 0.3) is 11.1 Å². The molecule has 30 heavy (non-hydrogen) atoms. The molecule has 1 saturated heterocycles. The third-order valence-corrected chi connectivity index (χ3v) is 5.23. The molecule has 1 aromatic heterocycles. The fraction of sp³-hybridized carbons (Fsp3) is 0.381. The van der Waals surface area contributed by atoms with Gasteiger partial charge in [0.2, 0.25) is 0 Å². The van der Waals surface area contributed by atoms with E-state index in [1.54, 1.807) is 19.1 Å². The van der Waals surface area contributed by atoms with Crippen LogP contribution in [0.15, 0.2) is 35.5 Å². The highest BCUT2D eigenvalue weighted by Gasteiger charge is 2.39. The Hall–Kier alpha value is -2.94. The number of alkyl halides is 3. The normalized spacial score (nSPS) is 18.2.